The Balaban J connectivity index is 1.95. The fourth-order valence-electron chi connectivity index (χ4n) is 2.31. The molecule has 0 amide bonds. The summed E-state index contributed by atoms with van der Waals surface area (Å²) in [6.07, 6.45) is 11.3. The summed E-state index contributed by atoms with van der Waals surface area (Å²) in [4.78, 5) is 4.00. The Morgan fingerprint density at radius 3 is 2.71 bits per heavy atom. The largest absolute Gasteiger partial charge is 0.506 e. The van der Waals surface area contributed by atoms with Gasteiger partial charge in [-0.2, -0.15) is 0 Å². The number of rotatable bonds is 2. The number of hydrogen-bond acceptors (Lipinski definition) is 2. The van der Waals surface area contributed by atoms with Gasteiger partial charge in [0.05, 0.1) is 6.20 Å². The van der Waals surface area contributed by atoms with E-state index in [1.165, 1.54) is 43.9 Å². The minimum Gasteiger partial charge on any atom is -0.506 e. The summed E-state index contributed by atoms with van der Waals surface area (Å²) in [5.74, 6) is 1.10. The van der Waals surface area contributed by atoms with Crippen molar-refractivity contribution in [2.24, 2.45) is 5.92 Å². The molecular formula is C12H17NO. The highest BCUT2D eigenvalue weighted by molar-refractivity contribution is 5.22. The molecule has 2 rings (SSSR count). The van der Waals surface area contributed by atoms with Crippen molar-refractivity contribution in [3.8, 4) is 5.75 Å². The van der Waals surface area contributed by atoms with Crippen molar-refractivity contribution < 1.29 is 5.11 Å². The van der Waals surface area contributed by atoms with Crippen molar-refractivity contribution in [1.29, 1.82) is 0 Å². The molecule has 0 unspecified atom stereocenters. The normalized spacial score (nSPS) is 18.3. The third-order valence-corrected chi connectivity index (χ3v) is 3.03. The maximum Gasteiger partial charge on any atom is 0.134 e. The summed E-state index contributed by atoms with van der Waals surface area (Å²) in [6, 6.07) is 1.83. The molecule has 1 aliphatic carbocycles. The van der Waals surface area contributed by atoms with E-state index in [2.05, 4.69) is 4.98 Å². The lowest BCUT2D eigenvalue weighted by molar-refractivity contribution is 0.356. The molecule has 0 radical (unpaired) electrons. The van der Waals surface area contributed by atoms with E-state index in [0.717, 1.165) is 12.3 Å². The van der Waals surface area contributed by atoms with Gasteiger partial charge in [-0.25, -0.2) is 0 Å². The Morgan fingerprint density at radius 2 is 2.00 bits per heavy atom. The molecule has 0 aromatic carbocycles. The van der Waals surface area contributed by atoms with Crippen LogP contribution in [0.1, 0.15) is 37.7 Å². The van der Waals surface area contributed by atoms with Crippen LogP contribution in [0.2, 0.25) is 0 Å². The van der Waals surface area contributed by atoms with Crippen LogP contribution in [-0.4, -0.2) is 10.1 Å². The second kappa shape index (κ2) is 4.45. The van der Waals surface area contributed by atoms with E-state index < -0.39 is 0 Å². The molecule has 0 spiro atoms. The Labute approximate surface area is 85.0 Å². The van der Waals surface area contributed by atoms with Crippen molar-refractivity contribution in [3.63, 3.8) is 0 Å². The van der Waals surface area contributed by atoms with Gasteiger partial charge in [0.1, 0.15) is 5.75 Å². The van der Waals surface area contributed by atoms with Crippen molar-refractivity contribution in [1.82, 2.24) is 4.98 Å². The molecule has 1 aliphatic rings. The lowest BCUT2D eigenvalue weighted by Crippen LogP contribution is -2.09. The summed E-state index contributed by atoms with van der Waals surface area (Å²) >= 11 is 0. The lowest BCUT2D eigenvalue weighted by Gasteiger charge is -2.21. The first kappa shape index (κ1) is 9.50. The molecule has 0 bridgehead atoms. The highest BCUT2D eigenvalue weighted by Crippen LogP contribution is 2.27. The van der Waals surface area contributed by atoms with E-state index in [1.54, 1.807) is 0 Å². The molecule has 14 heavy (non-hydrogen) atoms. The zero-order chi connectivity index (χ0) is 9.80. The fourth-order valence-corrected chi connectivity index (χ4v) is 2.31. The molecular weight excluding hydrogens is 174 g/mol. The minimum absolute atomic E-state index is 0.290. The average Bonchev–Trinajstić information content (AvgIpc) is 2.19. The van der Waals surface area contributed by atoms with Crippen LogP contribution >= 0.6 is 0 Å². The van der Waals surface area contributed by atoms with Crippen molar-refractivity contribution >= 4 is 0 Å². The maximum absolute atomic E-state index is 9.28. The molecule has 2 heteroatoms. The third-order valence-electron chi connectivity index (χ3n) is 3.03. The van der Waals surface area contributed by atoms with Gasteiger partial charge in [0.15, 0.2) is 0 Å². The van der Waals surface area contributed by atoms with Crippen LogP contribution in [0.3, 0.4) is 0 Å². The smallest absolute Gasteiger partial charge is 0.134 e. The molecule has 0 aliphatic heterocycles. The molecule has 2 nitrogen and oxygen atoms in total. The van der Waals surface area contributed by atoms with Crippen LogP contribution in [0.15, 0.2) is 18.5 Å². The number of nitrogens with zero attached hydrogens (tertiary/aromatic N) is 1. The number of hydrogen-bond donors (Lipinski definition) is 1. The highest BCUT2D eigenvalue weighted by atomic mass is 16.3. The van der Waals surface area contributed by atoms with E-state index in [0.29, 0.717) is 5.75 Å². The second-order valence-corrected chi connectivity index (χ2v) is 4.26. The molecule has 1 N–H and O–H groups in total. The van der Waals surface area contributed by atoms with Gasteiger partial charge < -0.3 is 5.11 Å². The first-order valence-electron chi connectivity index (χ1n) is 5.47. The lowest BCUT2D eigenvalue weighted by atomic mass is 9.85. The first-order chi connectivity index (χ1) is 6.84. The first-order valence-corrected chi connectivity index (χ1v) is 5.47. The molecule has 0 atom stereocenters. The molecule has 1 aromatic heterocycles. The van der Waals surface area contributed by atoms with Crippen LogP contribution < -0.4 is 0 Å². The Bertz CT molecular complexity index is 292. The van der Waals surface area contributed by atoms with Crippen molar-refractivity contribution in [2.45, 2.75) is 38.5 Å². The minimum atomic E-state index is 0.290. The molecule has 1 heterocycles. The van der Waals surface area contributed by atoms with Crippen LogP contribution in [0, 0.1) is 5.92 Å². The highest BCUT2D eigenvalue weighted by Gasteiger charge is 2.13. The summed E-state index contributed by atoms with van der Waals surface area (Å²) in [7, 11) is 0. The van der Waals surface area contributed by atoms with Gasteiger partial charge in [-0.05, 0) is 24.0 Å². The van der Waals surface area contributed by atoms with Gasteiger partial charge >= 0.3 is 0 Å². The summed E-state index contributed by atoms with van der Waals surface area (Å²) in [6.45, 7) is 0. The van der Waals surface area contributed by atoms with E-state index in [-0.39, 0.29) is 0 Å². The summed E-state index contributed by atoms with van der Waals surface area (Å²) in [5.41, 5.74) is 1.18. The van der Waals surface area contributed by atoms with Gasteiger partial charge in [0, 0.05) is 6.20 Å². The monoisotopic (exact) mass is 191 g/mol. The van der Waals surface area contributed by atoms with Gasteiger partial charge in [-0.3, -0.25) is 4.98 Å². The summed E-state index contributed by atoms with van der Waals surface area (Å²) < 4.78 is 0. The Morgan fingerprint density at radius 1 is 1.21 bits per heavy atom. The van der Waals surface area contributed by atoms with E-state index >= 15 is 0 Å². The topological polar surface area (TPSA) is 33.1 Å². The van der Waals surface area contributed by atoms with Gasteiger partial charge in [-0.1, -0.05) is 32.1 Å². The van der Waals surface area contributed by atoms with E-state index in [9.17, 15) is 5.11 Å². The van der Waals surface area contributed by atoms with Crippen LogP contribution in [0.5, 0.6) is 5.75 Å². The van der Waals surface area contributed by atoms with E-state index in [4.69, 9.17) is 0 Å². The molecule has 1 fully saturated rings. The van der Waals surface area contributed by atoms with Crippen molar-refractivity contribution in [3.05, 3.63) is 24.0 Å². The predicted octanol–water partition coefficient (Wildman–Crippen LogP) is 2.91. The molecule has 1 aromatic rings. The average molecular weight is 191 g/mol. The molecule has 1 saturated carbocycles. The Hall–Kier alpha value is -1.05. The maximum atomic E-state index is 9.28. The quantitative estimate of drug-likeness (QED) is 0.779. The van der Waals surface area contributed by atoms with Gasteiger partial charge in [0.25, 0.3) is 0 Å². The number of aromatic hydroxyl groups is 1. The SMILES string of the molecule is Oc1cncc(CC2CCCCC2)c1. The van der Waals surface area contributed by atoms with E-state index in [1.807, 2.05) is 12.3 Å². The fraction of sp³-hybridized carbons (Fsp3) is 0.583. The van der Waals surface area contributed by atoms with Gasteiger partial charge in [-0.15, -0.1) is 0 Å². The summed E-state index contributed by atoms with van der Waals surface area (Å²) in [5, 5.41) is 9.28. The number of aromatic nitrogens is 1. The standard InChI is InChI=1S/C12H17NO/c14-12-7-11(8-13-9-12)6-10-4-2-1-3-5-10/h7-10,14H,1-6H2. The zero-order valence-corrected chi connectivity index (χ0v) is 8.45. The van der Waals surface area contributed by atoms with Crippen LogP contribution in [0.4, 0.5) is 0 Å². The Kier molecular flexibility index (Phi) is 3.02. The molecule has 0 saturated heterocycles. The third kappa shape index (κ3) is 2.47. The van der Waals surface area contributed by atoms with Crippen LogP contribution in [-0.2, 0) is 6.42 Å². The van der Waals surface area contributed by atoms with Crippen molar-refractivity contribution in [2.75, 3.05) is 0 Å². The molecule has 76 valence electrons. The predicted molar refractivity (Wildman–Crippen MR) is 56.2 cm³/mol. The zero-order valence-electron chi connectivity index (χ0n) is 8.45. The van der Waals surface area contributed by atoms with Gasteiger partial charge in [0.2, 0.25) is 0 Å². The second-order valence-electron chi connectivity index (χ2n) is 4.26. The van der Waals surface area contributed by atoms with Crippen LogP contribution in [0.25, 0.3) is 0 Å². The number of pyridine rings is 1.